The minimum Gasteiger partial charge on any atom is -0.383 e. The second-order valence-corrected chi connectivity index (χ2v) is 7.02. The maximum Gasteiger partial charge on any atom is 0.191 e. The summed E-state index contributed by atoms with van der Waals surface area (Å²) in [5.74, 6) is 0.846. The van der Waals surface area contributed by atoms with E-state index >= 15 is 0 Å². The normalized spacial score (nSPS) is 16.6. The molecule has 0 bridgehead atoms. The molecular formula is C20H36IN5O. The van der Waals surface area contributed by atoms with E-state index in [-0.39, 0.29) is 30.0 Å². The second kappa shape index (κ2) is 13.2. The molecule has 2 rings (SSSR count). The molecule has 0 saturated carbocycles. The molecule has 0 spiro atoms. The van der Waals surface area contributed by atoms with Crippen molar-refractivity contribution in [2.45, 2.75) is 26.3 Å². The third-order valence-electron chi connectivity index (χ3n) is 4.71. The summed E-state index contributed by atoms with van der Waals surface area (Å²) in [4.78, 5) is 9.31. The van der Waals surface area contributed by atoms with Crippen LogP contribution in [0.25, 0.3) is 0 Å². The summed E-state index contributed by atoms with van der Waals surface area (Å²) in [5.41, 5.74) is 2.68. The van der Waals surface area contributed by atoms with Crippen LogP contribution in [0.15, 0.2) is 29.3 Å². The molecule has 1 heterocycles. The number of hydrogen-bond donors (Lipinski definition) is 2. The molecule has 6 nitrogen and oxygen atoms in total. The molecular weight excluding hydrogens is 453 g/mol. The lowest BCUT2D eigenvalue weighted by atomic mass is 10.2. The topological polar surface area (TPSA) is 52.1 Å². The minimum atomic E-state index is 0. The van der Waals surface area contributed by atoms with Gasteiger partial charge in [0.2, 0.25) is 0 Å². The Balaban J connectivity index is 0.00000364. The fraction of sp³-hybridized carbons (Fsp3) is 0.650. The van der Waals surface area contributed by atoms with Crippen LogP contribution in [0.2, 0.25) is 0 Å². The first-order valence-electron chi connectivity index (χ1n) is 9.62. The zero-order valence-corrected chi connectivity index (χ0v) is 19.5. The second-order valence-electron chi connectivity index (χ2n) is 7.02. The number of piperazine rings is 1. The van der Waals surface area contributed by atoms with E-state index in [1.54, 1.807) is 14.2 Å². The molecule has 1 aromatic carbocycles. The molecule has 1 aromatic rings. The molecule has 1 unspecified atom stereocenters. The van der Waals surface area contributed by atoms with E-state index in [2.05, 4.69) is 63.5 Å². The maximum atomic E-state index is 5.15. The number of rotatable bonds is 8. The first kappa shape index (κ1) is 24.0. The summed E-state index contributed by atoms with van der Waals surface area (Å²) in [6.45, 7) is 11.4. The van der Waals surface area contributed by atoms with Crippen LogP contribution in [0.5, 0.6) is 0 Å². The van der Waals surface area contributed by atoms with Crippen molar-refractivity contribution in [1.82, 2.24) is 15.5 Å². The fourth-order valence-corrected chi connectivity index (χ4v) is 3.28. The van der Waals surface area contributed by atoms with E-state index in [4.69, 9.17) is 4.74 Å². The number of aliphatic imine (C=N–C) groups is 1. The monoisotopic (exact) mass is 489 g/mol. The van der Waals surface area contributed by atoms with Crippen molar-refractivity contribution in [2.24, 2.45) is 4.99 Å². The van der Waals surface area contributed by atoms with Gasteiger partial charge in [0.25, 0.3) is 0 Å². The number of benzene rings is 1. The molecule has 1 fully saturated rings. The SMILES string of the molecule is CN=C(NCCCN1CCN(c2cccc(C)c2)CC1)NC(C)COC.I. The molecule has 0 amide bonds. The molecule has 1 aliphatic heterocycles. The highest BCUT2D eigenvalue weighted by Crippen LogP contribution is 2.17. The van der Waals surface area contributed by atoms with Gasteiger partial charge in [-0.15, -0.1) is 24.0 Å². The van der Waals surface area contributed by atoms with Gasteiger partial charge in [-0.1, -0.05) is 12.1 Å². The van der Waals surface area contributed by atoms with Crippen molar-refractivity contribution in [3.8, 4) is 0 Å². The zero-order valence-electron chi connectivity index (χ0n) is 17.2. The Bertz CT molecular complexity index is 561. The molecule has 0 radical (unpaired) electrons. The van der Waals surface area contributed by atoms with Gasteiger partial charge in [-0.2, -0.15) is 0 Å². The summed E-state index contributed by atoms with van der Waals surface area (Å²) in [7, 11) is 3.52. The Labute approximate surface area is 181 Å². The van der Waals surface area contributed by atoms with Gasteiger partial charge >= 0.3 is 0 Å². The number of nitrogens with zero attached hydrogens (tertiary/aromatic N) is 3. The van der Waals surface area contributed by atoms with E-state index in [1.807, 2.05) is 0 Å². The smallest absolute Gasteiger partial charge is 0.191 e. The number of aryl methyl sites for hydroxylation is 1. The van der Waals surface area contributed by atoms with Crippen LogP contribution in [-0.4, -0.2) is 76.9 Å². The van der Waals surface area contributed by atoms with Crippen LogP contribution in [0.1, 0.15) is 18.9 Å². The molecule has 7 heteroatoms. The summed E-state index contributed by atoms with van der Waals surface area (Å²) in [5, 5.41) is 6.71. The number of ether oxygens (including phenoxy) is 1. The van der Waals surface area contributed by atoms with Crippen molar-refractivity contribution in [3.63, 3.8) is 0 Å². The van der Waals surface area contributed by atoms with Gasteiger partial charge in [0, 0.05) is 58.6 Å². The van der Waals surface area contributed by atoms with Crippen molar-refractivity contribution < 1.29 is 4.74 Å². The first-order chi connectivity index (χ1) is 12.6. The van der Waals surface area contributed by atoms with Crippen LogP contribution in [-0.2, 0) is 4.74 Å². The van der Waals surface area contributed by atoms with E-state index in [0.29, 0.717) is 6.61 Å². The van der Waals surface area contributed by atoms with Gasteiger partial charge in [-0.05, 0) is 44.5 Å². The van der Waals surface area contributed by atoms with Crippen molar-refractivity contribution in [1.29, 1.82) is 0 Å². The Hall–Kier alpha value is -1.06. The van der Waals surface area contributed by atoms with Crippen molar-refractivity contribution in [2.75, 3.05) is 64.9 Å². The fourth-order valence-electron chi connectivity index (χ4n) is 3.28. The molecule has 27 heavy (non-hydrogen) atoms. The van der Waals surface area contributed by atoms with Gasteiger partial charge in [0.1, 0.15) is 0 Å². The van der Waals surface area contributed by atoms with E-state index < -0.39 is 0 Å². The average molecular weight is 489 g/mol. The first-order valence-corrected chi connectivity index (χ1v) is 9.62. The molecule has 0 aliphatic carbocycles. The van der Waals surface area contributed by atoms with E-state index in [1.165, 1.54) is 11.3 Å². The lowest BCUT2D eigenvalue weighted by Gasteiger charge is -2.36. The molecule has 154 valence electrons. The standard InChI is InChI=1S/C20H35N5O.HI/c1-17-7-5-8-19(15-17)25-13-11-24(12-14-25)10-6-9-22-20(21-3)23-18(2)16-26-4;/h5,7-8,15,18H,6,9-14,16H2,1-4H3,(H2,21,22,23);1H. The number of methoxy groups -OCH3 is 1. The number of hydrogen-bond acceptors (Lipinski definition) is 4. The van der Waals surface area contributed by atoms with Crippen LogP contribution < -0.4 is 15.5 Å². The molecule has 1 atom stereocenters. The predicted octanol–water partition coefficient (Wildman–Crippen LogP) is 2.33. The number of anilines is 1. The van der Waals surface area contributed by atoms with Crippen LogP contribution in [0, 0.1) is 6.92 Å². The largest absolute Gasteiger partial charge is 0.383 e. The Morgan fingerprint density at radius 3 is 2.63 bits per heavy atom. The quantitative estimate of drug-likeness (QED) is 0.254. The van der Waals surface area contributed by atoms with Gasteiger partial charge in [0.15, 0.2) is 5.96 Å². The highest BCUT2D eigenvalue weighted by Gasteiger charge is 2.16. The number of halogens is 1. The highest BCUT2D eigenvalue weighted by molar-refractivity contribution is 14.0. The van der Waals surface area contributed by atoms with Crippen LogP contribution in [0.3, 0.4) is 0 Å². The highest BCUT2D eigenvalue weighted by atomic mass is 127. The lowest BCUT2D eigenvalue weighted by Crippen LogP contribution is -2.47. The van der Waals surface area contributed by atoms with Gasteiger partial charge in [0.05, 0.1) is 6.61 Å². The average Bonchev–Trinajstić information content (AvgIpc) is 2.65. The van der Waals surface area contributed by atoms with Gasteiger partial charge in [-0.25, -0.2) is 0 Å². The summed E-state index contributed by atoms with van der Waals surface area (Å²) >= 11 is 0. The molecule has 2 N–H and O–H groups in total. The van der Waals surface area contributed by atoms with E-state index in [0.717, 1.165) is 51.6 Å². The predicted molar refractivity (Wildman–Crippen MR) is 126 cm³/mol. The Morgan fingerprint density at radius 2 is 2.00 bits per heavy atom. The molecule has 1 saturated heterocycles. The summed E-state index contributed by atoms with van der Waals surface area (Å²) in [6.07, 6.45) is 1.11. The number of nitrogens with one attached hydrogen (secondary N) is 2. The number of guanidine groups is 1. The lowest BCUT2D eigenvalue weighted by molar-refractivity contribution is 0.179. The summed E-state index contributed by atoms with van der Waals surface area (Å²) < 4.78 is 5.15. The maximum absolute atomic E-state index is 5.15. The zero-order chi connectivity index (χ0) is 18.8. The third-order valence-corrected chi connectivity index (χ3v) is 4.71. The van der Waals surface area contributed by atoms with Crippen LogP contribution >= 0.6 is 24.0 Å². The minimum absolute atomic E-state index is 0. The molecule has 0 aromatic heterocycles. The van der Waals surface area contributed by atoms with Crippen molar-refractivity contribution >= 4 is 35.6 Å². The van der Waals surface area contributed by atoms with Crippen LogP contribution in [0.4, 0.5) is 5.69 Å². The van der Waals surface area contributed by atoms with Gasteiger partial charge < -0.3 is 20.3 Å². The Morgan fingerprint density at radius 1 is 1.26 bits per heavy atom. The Kier molecular flexibility index (Phi) is 11.7. The van der Waals surface area contributed by atoms with E-state index in [9.17, 15) is 0 Å². The third kappa shape index (κ3) is 8.66. The summed E-state index contributed by atoms with van der Waals surface area (Å²) in [6, 6.07) is 9.06. The van der Waals surface area contributed by atoms with Gasteiger partial charge in [-0.3, -0.25) is 9.89 Å². The molecule has 1 aliphatic rings. The van der Waals surface area contributed by atoms with Crippen molar-refractivity contribution in [3.05, 3.63) is 29.8 Å².